The molecule has 160 valence electrons. The van der Waals surface area contributed by atoms with Gasteiger partial charge in [-0.2, -0.15) is 0 Å². The Hall–Kier alpha value is -2.64. The molecule has 2 aromatic carbocycles. The number of fused-ring (bicyclic) bond motifs is 1. The second-order valence-electron chi connectivity index (χ2n) is 7.80. The van der Waals surface area contributed by atoms with Crippen LogP contribution >= 0.6 is 0 Å². The van der Waals surface area contributed by atoms with Gasteiger partial charge >= 0.3 is 0 Å². The number of benzene rings is 2. The fourth-order valence-corrected chi connectivity index (χ4v) is 4.24. The van der Waals surface area contributed by atoms with E-state index in [-0.39, 0.29) is 36.3 Å². The van der Waals surface area contributed by atoms with Crippen molar-refractivity contribution in [3.05, 3.63) is 47.8 Å². The van der Waals surface area contributed by atoms with Crippen molar-refractivity contribution < 1.29 is 28.5 Å². The minimum Gasteiger partial charge on any atom is -0.494 e. The molecule has 1 spiro atoms. The number of aliphatic hydroxyl groups excluding tert-OH is 1. The van der Waals surface area contributed by atoms with Crippen LogP contribution in [0.5, 0.6) is 11.5 Å². The van der Waals surface area contributed by atoms with Gasteiger partial charge in [-0.05, 0) is 35.4 Å². The van der Waals surface area contributed by atoms with E-state index in [4.69, 9.17) is 19.3 Å². The summed E-state index contributed by atoms with van der Waals surface area (Å²) in [6.45, 7) is 1.04. The average molecular weight is 415 g/mol. The molecule has 1 amide bonds. The molecular weight excluding hydrogens is 389 g/mol. The van der Waals surface area contributed by atoms with E-state index >= 15 is 0 Å². The lowest BCUT2D eigenvalue weighted by Crippen LogP contribution is -2.48. The van der Waals surface area contributed by atoms with Crippen LogP contribution in [0.25, 0.3) is 11.1 Å². The molecule has 1 atom stereocenters. The molecule has 0 aromatic heterocycles. The molecular formula is C23H26FNO5. The quantitative estimate of drug-likeness (QED) is 0.783. The maximum Gasteiger partial charge on any atom is 0.222 e. The van der Waals surface area contributed by atoms with Crippen molar-refractivity contribution in [1.29, 1.82) is 0 Å². The van der Waals surface area contributed by atoms with Crippen LogP contribution in [0.15, 0.2) is 36.4 Å². The summed E-state index contributed by atoms with van der Waals surface area (Å²) < 4.78 is 31.1. The molecule has 1 saturated heterocycles. The lowest BCUT2D eigenvalue weighted by molar-refractivity contribution is -0.123. The highest BCUT2D eigenvalue weighted by Gasteiger charge is 2.42. The summed E-state index contributed by atoms with van der Waals surface area (Å²) in [6, 6.07) is 10.3. The first-order valence-electron chi connectivity index (χ1n) is 10.2. The number of carbonyl (C=O) groups is 1. The number of aliphatic hydroxyl groups is 1. The molecule has 2 N–H and O–H groups in total. The standard InChI is InChI=1S/C23H26FNO5/c1-28-21-5-3-16(13-18(21)24)15-2-4-20-17(12-15)19(25-22(27)6-9-26)14-23(30-20)7-10-29-11-8-23/h2-5,12-13,19,26H,6-11,14H2,1H3,(H,25,27). The van der Waals surface area contributed by atoms with Crippen LogP contribution in [0.4, 0.5) is 4.39 Å². The van der Waals surface area contributed by atoms with Gasteiger partial charge in [0.2, 0.25) is 5.91 Å². The molecule has 7 heteroatoms. The number of rotatable bonds is 5. The van der Waals surface area contributed by atoms with Gasteiger partial charge in [-0.15, -0.1) is 0 Å². The third-order valence-electron chi connectivity index (χ3n) is 5.85. The Kier molecular flexibility index (Phi) is 5.92. The van der Waals surface area contributed by atoms with Gasteiger partial charge in [-0.1, -0.05) is 12.1 Å². The summed E-state index contributed by atoms with van der Waals surface area (Å²) in [4.78, 5) is 12.3. The van der Waals surface area contributed by atoms with Gasteiger partial charge in [0.15, 0.2) is 11.6 Å². The maximum atomic E-state index is 14.2. The SMILES string of the molecule is COc1ccc(-c2ccc3c(c2)C(NC(=O)CCO)CC2(CCOCC2)O3)cc1F. The Bertz CT molecular complexity index is 926. The van der Waals surface area contributed by atoms with E-state index in [1.807, 2.05) is 18.2 Å². The number of methoxy groups -OCH3 is 1. The van der Waals surface area contributed by atoms with Crippen LogP contribution in [-0.4, -0.2) is 43.5 Å². The van der Waals surface area contributed by atoms with Crippen LogP contribution in [0, 0.1) is 5.82 Å². The zero-order valence-electron chi connectivity index (χ0n) is 16.9. The predicted octanol–water partition coefficient (Wildman–Crippen LogP) is 3.37. The van der Waals surface area contributed by atoms with Crippen molar-refractivity contribution in [2.45, 2.75) is 37.3 Å². The van der Waals surface area contributed by atoms with Crippen molar-refractivity contribution in [3.8, 4) is 22.6 Å². The number of amides is 1. The number of halogens is 1. The van der Waals surface area contributed by atoms with Crippen molar-refractivity contribution in [2.75, 3.05) is 26.9 Å². The molecule has 2 aliphatic rings. The van der Waals surface area contributed by atoms with Gasteiger partial charge < -0.3 is 24.6 Å². The highest BCUT2D eigenvalue weighted by molar-refractivity contribution is 5.77. The first-order valence-corrected chi connectivity index (χ1v) is 10.2. The summed E-state index contributed by atoms with van der Waals surface area (Å²) in [6.07, 6.45) is 2.18. The second kappa shape index (κ2) is 8.62. The van der Waals surface area contributed by atoms with E-state index in [1.54, 1.807) is 12.1 Å². The number of hydrogen-bond donors (Lipinski definition) is 2. The van der Waals surface area contributed by atoms with Gasteiger partial charge in [0, 0.05) is 31.2 Å². The lowest BCUT2D eigenvalue weighted by atomic mass is 9.81. The molecule has 1 fully saturated rings. The largest absolute Gasteiger partial charge is 0.494 e. The average Bonchev–Trinajstić information content (AvgIpc) is 2.74. The van der Waals surface area contributed by atoms with E-state index in [0.717, 1.165) is 29.7 Å². The first kappa shape index (κ1) is 20.6. The molecule has 1 unspecified atom stereocenters. The molecule has 2 aliphatic heterocycles. The molecule has 30 heavy (non-hydrogen) atoms. The summed E-state index contributed by atoms with van der Waals surface area (Å²) >= 11 is 0. The second-order valence-corrected chi connectivity index (χ2v) is 7.80. The molecule has 0 bridgehead atoms. The summed E-state index contributed by atoms with van der Waals surface area (Å²) in [5.74, 6) is 0.266. The summed E-state index contributed by atoms with van der Waals surface area (Å²) in [5, 5.41) is 12.2. The smallest absolute Gasteiger partial charge is 0.222 e. The Morgan fingerprint density at radius 2 is 1.97 bits per heavy atom. The van der Waals surface area contributed by atoms with E-state index < -0.39 is 5.82 Å². The van der Waals surface area contributed by atoms with Gasteiger partial charge in [0.25, 0.3) is 0 Å². The van der Waals surface area contributed by atoms with Crippen LogP contribution in [0.3, 0.4) is 0 Å². The minimum atomic E-state index is -0.432. The molecule has 0 radical (unpaired) electrons. The lowest BCUT2D eigenvalue weighted by Gasteiger charge is -2.44. The Labute approximate surface area is 175 Å². The number of ether oxygens (including phenoxy) is 3. The maximum absolute atomic E-state index is 14.2. The third kappa shape index (κ3) is 4.13. The Balaban J connectivity index is 1.69. The van der Waals surface area contributed by atoms with Gasteiger partial charge in [0.1, 0.15) is 11.4 Å². The topological polar surface area (TPSA) is 77.0 Å². The summed E-state index contributed by atoms with van der Waals surface area (Å²) in [5.41, 5.74) is 2.01. The number of hydrogen-bond acceptors (Lipinski definition) is 5. The van der Waals surface area contributed by atoms with Gasteiger partial charge in [0.05, 0.1) is 33.0 Å². The van der Waals surface area contributed by atoms with Crippen LogP contribution < -0.4 is 14.8 Å². The number of carbonyl (C=O) groups excluding carboxylic acids is 1. The molecule has 0 aliphatic carbocycles. The van der Waals surface area contributed by atoms with E-state index in [0.29, 0.717) is 25.2 Å². The molecule has 2 heterocycles. The van der Waals surface area contributed by atoms with Crippen LogP contribution in [0.1, 0.15) is 37.3 Å². The van der Waals surface area contributed by atoms with E-state index in [1.165, 1.54) is 13.2 Å². The molecule has 0 saturated carbocycles. The summed E-state index contributed by atoms with van der Waals surface area (Å²) in [7, 11) is 1.43. The monoisotopic (exact) mass is 415 g/mol. The minimum absolute atomic E-state index is 0.0478. The predicted molar refractivity (Wildman–Crippen MR) is 109 cm³/mol. The van der Waals surface area contributed by atoms with Crippen LogP contribution in [0.2, 0.25) is 0 Å². The molecule has 2 aromatic rings. The van der Waals surface area contributed by atoms with Gasteiger partial charge in [-0.25, -0.2) is 4.39 Å². The highest BCUT2D eigenvalue weighted by Crippen LogP contribution is 2.45. The fourth-order valence-electron chi connectivity index (χ4n) is 4.24. The fraction of sp³-hybridized carbons (Fsp3) is 0.435. The van der Waals surface area contributed by atoms with Crippen molar-refractivity contribution in [3.63, 3.8) is 0 Å². The Morgan fingerprint density at radius 1 is 1.23 bits per heavy atom. The zero-order valence-corrected chi connectivity index (χ0v) is 16.9. The van der Waals surface area contributed by atoms with Crippen molar-refractivity contribution in [1.82, 2.24) is 5.32 Å². The first-order chi connectivity index (χ1) is 14.5. The van der Waals surface area contributed by atoms with E-state index in [9.17, 15) is 9.18 Å². The highest BCUT2D eigenvalue weighted by atomic mass is 19.1. The van der Waals surface area contributed by atoms with Crippen LogP contribution in [-0.2, 0) is 9.53 Å². The van der Waals surface area contributed by atoms with E-state index in [2.05, 4.69) is 5.32 Å². The molecule has 4 rings (SSSR count). The zero-order chi connectivity index (χ0) is 21.1. The molecule has 6 nitrogen and oxygen atoms in total. The van der Waals surface area contributed by atoms with Crippen molar-refractivity contribution in [2.24, 2.45) is 0 Å². The normalized spacial score (nSPS) is 19.6. The number of nitrogens with one attached hydrogen (secondary N) is 1. The van der Waals surface area contributed by atoms with Crippen molar-refractivity contribution >= 4 is 5.91 Å². The third-order valence-corrected chi connectivity index (χ3v) is 5.85. The Morgan fingerprint density at radius 3 is 2.67 bits per heavy atom. The van der Waals surface area contributed by atoms with Gasteiger partial charge in [-0.3, -0.25) is 4.79 Å².